The quantitative estimate of drug-likeness (QED) is 0.633. The lowest BCUT2D eigenvalue weighted by Gasteiger charge is -2.06. The largest absolute Gasteiger partial charge is 0.507 e. The smallest absolute Gasteiger partial charge is 0.341 e. The Bertz CT molecular complexity index is 745. The van der Waals surface area contributed by atoms with Crippen molar-refractivity contribution in [1.29, 1.82) is 0 Å². The summed E-state index contributed by atoms with van der Waals surface area (Å²) in [6.45, 7) is -0.496. The summed E-state index contributed by atoms with van der Waals surface area (Å²) in [5.74, 6) is -2.26. The van der Waals surface area contributed by atoms with Crippen LogP contribution in [0.15, 0.2) is 48.5 Å². The van der Waals surface area contributed by atoms with Crippen LogP contribution in [0, 0.1) is 0 Å². The van der Waals surface area contributed by atoms with Crippen molar-refractivity contribution in [2.24, 2.45) is 11.5 Å². The van der Waals surface area contributed by atoms with Gasteiger partial charge in [0.05, 0.1) is 11.1 Å². The van der Waals surface area contributed by atoms with Crippen LogP contribution in [-0.4, -0.2) is 34.6 Å². The molecule has 0 bridgehead atoms. The number of nitrogens with two attached hydrogens (primary N) is 2. The summed E-state index contributed by atoms with van der Waals surface area (Å²) in [7, 11) is 0. The highest BCUT2D eigenvalue weighted by molar-refractivity contribution is 5.96. The summed E-state index contributed by atoms with van der Waals surface area (Å²) in [5, 5.41) is 17.3. The number of carboxylic acids is 1. The minimum atomic E-state index is -1.11. The molecule has 2 rings (SSSR count). The van der Waals surface area contributed by atoms with Crippen molar-refractivity contribution in [1.82, 2.24) is 0 Å². The Morgan fingerprint density at radius 2 is 1.38 bits per heavy atom. The molecule has 0 aliphatic carbocycles. The maximum absolute atomic E-state index is 10.9. The van der Waals surface area contributed by atoms with E-state index in [9.17, 15) is 14.4 Å². The van der Waals surface area contributed by atoms with Crippen LogP contribution in [0.3, 0.4) is 0 Å². The maximum Gasteiger partial charge on any atom is 0.341 e. The molecule has 8 heteroatoms. The first-order chi connectivity index (χ1) is 11.3. The Hall–Kier alpha value is -3.55. The SMILES string of the molecule is NC(=O)c1ccccc1O.NC(=O)c1ccccc1OCC(=O)O. The van der Waals surface area contributed by atoms with Crippen LogP contribution >= 0.6 is 0 Å². The number of hydrogen-bond donors (Lipinski definition) is 4. The highest BCUT2D eigenvalue weighted by Crippen LogP contribution is 2.16. The van der Waals surface area contributed by atoms with E-state index in [1.54, 1.807) is 24.3 Å². The molecule has 0 unspecified atom stereocenters. The first-order valence-electron chi connectivity index (χ1n) is 6.64. The van der Waals surface area contributed by atoms with Gasteiger partial charge in [-0.05, 0) is 24.3 Å². The monoisotopic (exact) mass is 332 g/mol. The summed E-state index contributed by atoms with van der Waals surface area (Å²) in [5.41, 5.74) is 10.3. The number of aromatic hydroxyl groups is 1. The van der Waals surface area contributed by atoms with Gasteiger partial charge in [-0.1, -0.05) is 24.3 Å². The van der Waals surface area contributed by atoms with Crippen molar-refractivity contribution in [3.05, 3.63) is 59.7 Å². The van der Waals surface area contributed by atoms with Crippen molar-refractivity contribution in [2.45, 2.75) is 0 Å². The Balaban J connectivity index is 0.000000254. The number of phenols is 1. The number of carbonyl (C=O) groups is 3. The molecular formula is C16H16N2O6. The molecule has 0 fully saturated rings. The van der Waals surface area contributed by atoms with E-state index in [2.05, 4.69) is 0 Å². The molecule has 0 atom stereocenters. The molecular weight excluding hydrogens is 316 g/mol. The number of aliphatic carboxylic acids is 1. The molecule has 8 nitrogen and oxygen atoms in total. The highest BCUT2D eigenvalue weighted by Gasteiger charge is 2.09. The van der Waals surface area contributed by atoms with Gasteiger partial charge in [0, 0.05) is 0 Å². The topological polar surface area (TPSA) is 153 Å². The molecule has 0 aromatic heterocycles. The normalized spacial score (nSPS) is 9.33. The second kappa shape index (κ2) is 8.79. The number of ether oxygens (including phenoxy) is 1. The number of benzene rings is 2. The number of carboxylic acid groups (broad SMARTS) is 1. The Kier molecular flexibility index (Phi) is 6.77. The predicted molar refractivity (Wildman–Crippen MR) is 84.7 cm³/mol. The van der Waals surface area contributed by atoms with Crippen LogP contribution in [0.4, 0.5) is 0 Å². The fraction of sp³-hybridized carbons (Fsp3) is 0.0625. The standard InChI is InChI=1S/C9H9NO4.C7H7NO2/c10-9(13)6-3-1-2-4-7(6)14-5-8(11)12;8-7(10)5-3-1-2-4-6(5)9/h1-4H,5H2,(H2,10,13)(H,11,12);1-4,9H,(H2,8,10). The molecule has 2 aromatic carbocycles. The Labute approximate surface area is 137 Å². The van der Waals surface area contributed by atoms with Gasteiger partial charge in [-0.15, -0.1) is 0 Å². The number of rotatable bonds is 5. The third-order valence-electron chi connectivity index (χ3n) is 2.67. The number of primary amides is 2. The molecule has 2 aromatic rings. The van der Waals surface area contributed by atoms with E-state index in [0.717, 1.165) is 0 Å². The summed E-state index contributed by atoms with van der Waals surface area (Å²) in [6.07, 6.45) is 0. The van der Waals surface area contributed by atoms with Gasteiger partial charge >= 0.3 is 5.97 Å². The van der Waals surface area contributed by atoms with Gasteiger partial charge in [-0.2, -0.15) is 0 Å². The van der Waals surface area contributed by atoms with Crippen molar-refractivity contribution < 1.29 is 29.3 Å². The van der Waals surface area contributed by atoms with Crippen molar-refractivity contribution in [3.63, 3.8) is 0 Å². The molecule has 0 heterocycles. The second-order valence-electron chi connectivity index (χ2n) is 4.42. The van der Waals surface area contributed by atoms with Gasteiger partial charge in [-0.3, -0.25) is 9.59 Å². The summed E-state index contributed by atoms with van der Waals surface area (Å²) in [6, 6.07) is 12.4. The fourth-order valence-electron chi connectivity index (χ4n) is 1.62. The van der Waals surface area contributed by atoms with Gasteiger partial charge < -0.3 is 26.4 Å². The molecule has 0 saturated carbocycles. The predicted octanol–water partition coefficient (Wildman–Crippen LogP) is 0.740. The summed E-state index contributed by atoms with van der Waals surface area (Å²) < 4.78 is 4.86. The van der Waals surface area contributed by atoms with E-state index in [0.29, 0.717) is 0 Å². The lowest BCUT2D eigenvalue weighted by Crippen LogP contribution is -2.15. The van der Waals surface area contributed by atoms with Crippen molar-refractivity contribution in [3.8, 4) is 11.5 Å². The minimum Gasteiger partial charge on any atom is -0.507 e. The van der Waals surface area contributed by atoms with Crippen LogP contribution < -0.4 is 16.2 Å². The Morgan fingerprint density at radius 1 is 0.875 bits per heavy atom. The third kappa shape index (κ3) is 5.68. The van der Waals surface area contributed by atoms with Crippen LogP contribution in [0.25, 0.3) is 0 Å². The van der Waals surface area contributed by atoms with E-state index in [1.165, 1.54) is 24.3 Å². The third-order valence-corrected chi connectivity index (χ3v) is 2.67. The zero-order chi connectivity index (χ0) is 18.1. The molecule has 0 radical (unpaired) electrons. The van der Waals surface area contributed by atoms with Crippen LogP contribution in [-0.2, 0) is 4.79 Å². The number of para-hydroxylation sites is 2. The van der Waals surface area contributed by atoms with Crippen LogP contribution in [0.2, 0.25) is 0 Å². The van der Waals surface area contributed by atoms with Gasteiger partial charge in [-0.25, -0.2) is 4.79 Å². The van der Waals surface area contributed by atoms with Gasteiger partial charge in [0.1, 0.15) is 11.5 Å². The second-order valence-corrected chi connectivity index (χ2v) is 4.42. The zero-order valence-corrected chi connectivity index (χ0v) is 12.5. The van der Waals surface area contributed by atoms with E-state index in [-0.39, 0.29) is 22.6 Å². The molecule has 126 valence electrons. The van der Waals surface area contributed by atoms with Gasteiger partial charge in [0.25, 0.3) is 11.8 Å². The highest BCUT2D eigenvalue weighted by atomic mass is 16.5. The lowest BCUT2D eigenvalue weighted by atomic mass is 10.2. The van der Waals surface area contributed by atoms with Gasteiger partial charge in [0.2, 0.25) is 0 Å². The van der Waals surface area contributed by atoms with E-state index in [1.807, 2.05) is 0 Å². The van der Waals surface area contributed by atoms with Crippen LogP contribution in [0.1, 0.15) is 20.7 Å². The molecule has 2 amide bonds. The molecule has 0 aliphatic heterocycles. The minimum absolute atomic E-state index is 0.0741. The molecule has 0 spiro atoms. The summed E-state index contributed by atoms with van der Waals surface area (Å²) >= 11 is 0. The van der Waals surface area contributed by atoms with Crippen LogP contribution in [0.5, 0.6) is 11.5 Å². The first-order valence-corrected chi connectivity index (χ1v) is 6.64. The first kappa shape index (κ1) is 18.5. The average Bonchev–Trinajstić information content (AvgIpc) is 2.54. The lowest BCUT2D eigenvalue weighted by molar-refractivity contribution is -0.139. The van der Waals surface area contributed by atoms with Crippen molar-refractivity contribution >= 4 is 17.8 Å². The molecule has 0 aliphatic rings. The fourth-order valence-corrected chi connectivity index (χ4v) is 1.62. The molecule has 6 N–H and O–H groups in total. The average molecular weight is 332 g/mol. The van der Waals surface area contributed by atoms with E-state index >= 15 is 0 Å². The van der Waals surface area contributed by atoms with E-state index < -0.39 is 24.4 Å². The Morgan fingerprint density at radius 3 is 1.83 bits per heavy atom. The van der Waals surface area contributed by atoms with Gasteiger partial charge in [0.15, 0.2) is 6.61 Å². The van der Waals surface area contributed by atoms with E-state index in [4.69, 9.17) is 26.4 Å². The number of hydrogen-bond acceptors (Lipinski definition) is 5. The maximum atomic E-state index is 10.9. The van der Waals surface area contributed by atoms with Crippen molar-refractivity contribution in [2.75, 3.05) is 6.61 Å². The number of amides is 2. The molecule has 0 saturated heterocycles. The number of carbonyl (C=O) groups excluding carboxylic acids is 2. The summed E-state index contributed by atoms with van der Waals surface area (Å²) in [4.78, 5) is 31.6. The zero-order valence-electron chi connectivity index (χ0n) is 12.5. The molecule has 24 heavy (non-hydrogen) atoms.